The molecule has 2 aromatic carbocycles. The molecule has 0 aromatic heterocycles. The van der Waals surface area contributed by atoms with E-state index >= 15 is 0 Å². The van der Waals surface area contributed by atoms with E-state index in [1.54, 1.807) is 32.4 Å². The first-order valence-corrected chi connectivity index (χ1v) is 7.72. The lowest BCUT2D eigenvalue weighted by Gasteiger charge is -2.26. The molecule has 0 N–H and O–H groups in total. The summed E-state index contributed by atoms with van der Waals surface area (Å²) in [7, 11) is 5.02. The van der Waals surface area contributed by atoms with E-state index < -0.39 is 0 Å². The third-order valence-corrected chi connectivity index (χ3v) is 4.52. The van der Waals surface area contributed by atoms with Crippen molar-refractivity contribution in [2.24, 2.45) is 0 Å². The monoisotopic (exact) mass is 311 g/mol. The summed E-state index contributed by atoms with van der Waals surface area (Å²) in [6, 6.07) is 13.8. The van der Waals surface area contributed by atoms with Gasteiger partial charge < -0.3 is 14.4 Å². The van der Waals surface area contributed by atoms with Gasteiger partial charge in [0.2, 0.25) is 0 Å². The number of amides is 1. The van der Waals surface area contributed by atoms with Gasteiger partial charge in [-0.3, -0.25) is 4.79 Å². The van der Waals surface area contributed by atoms with E-state index in [0.29, 0.717) is 17.1 Å². The molecule has 3 rings (SSSR count). The molecule has 1 unspecified atom stereocenters. The minimum Gasteiger partial charge on any atom is -0.493 e. The summed E-state index contributed by atoms with van der Waals surface area (Å²) in [5, 5.41) is 0. The van der Waals surface area contributed by atoms with Crippen molar-refractivity contribution in [3.8, 4) is 11.5 Å². The summed E-state index contributed by atoms with van der Waals surface area (Å²) in [5.41, 5.74) is 3.20. The highest BCUT2D eigenvalue weighted by atomic mass is 16.5. The second-order valence-electron chi connectivity index (χ2n) is 5.74. The fraction of sp³-hybridized carbons (Fsp3) is 0.316. The lowest BCUT2D eigenvalue weighted by molar-refractivity contribution is 0.0730. The van der Waals surface area contributed by atoms with Crippen LogP contribution in [0.3, 0.4) is 0 Å². The molecule has 2 aromatic rings. The Hall–Kier alpha value is -2.49. The Morgan fingerprint density at radius 1 is 1.09 bits per heavy atom. The largest absolute Gasteiger partial charge is 0.493 e. The first-order valence-electron chi connectivity index (χ1n) is 7.72. The highest BCUT2D eigenvalue weighted by Gasteiger charge is 2.29. The van der Waals surface area contributed by atoms with Gasteiger partial charge in [-0.25, -0.2) is 0 Å². The minimum atomic E-state index is -0.00680. The summed E-state index contributed by atoms with van der Waals surface area (Å²) >= 11 is 0. The fourth-order valence-electron chi connectivity index (χ4n) is 3.25. The predicted octanol–water partition coefficient (Wildman–Crippen LogP) is 3.46. The fourth-order valence-corrected chi connectivity index (χ4v) is 3.25. The third kappa shape index (κ3) is 2.77. The number of ether oxygens (including phenoxy) is 2. The number of benzene rings is 2. The van der Waals surface area contributed by atoms with Gasteiger partial charge in [0.1, 0.15) is 0 Å². The standard InChI is InChI=1S/C19H21NO3/c1-20(16-10-8-13-6-4-5-7-15(13)16)19(21)14-9-11-17(22-2)18(12-14)23-3/h4-7,9,11-12,16H,8,10H2,1-3H3. The second-order valence-corrected chi connectivity index (χ2v) is 5.74. The van der Waals surface area contributed by atoms with Crippen LogP contribution in [0, 0.1) is 0 Å². The van der Waals surface area contributed by atoms with Gasteiger partial charge in [0, 0.05) is 12.6 Å². The molecule has 1 aliphatic carbocycles. The predicted molar refractivity (Wildman–Crippen MR) is 89.1 cm³/mol. The van der Waals surface area contributed by atoms with Crippen molar-refractivity contribution in [2.75, 3.05) is 21.3 Å². The topological polar surface area (TPSA) is 38.8 Å². The van der Waals surface area contributed by atoms with Crippen LogP contribution in [0.25, 0.3) is 0 Å². The van der Waals surface area contributed by atoms with Gasteiger partial charge >= 0.3 is 0 Å². The lowest BCUT2D eigenvalue weighted by atomic mass is 10.1. The van der Waals surface area contributed by atoms with E-state index in [0.717, 1.165) is 12.8 Å². The van der Waals surface area contributed by atoms with Gasteiger partial charge in [-0.1, -0.05) is 24.3 Å². The molecule has 23 heavy (non-hydrogen) atoms. The third-order valence-electron chi connectivity index (χ3n) is 4.52. The van der Waals surface area contributed by atoms with Gasteiger partial charge in [0.05, 0.1) is 20.3 Å². The van der Waals surface area contributed by atoms with Crippen LogP contribution in [-0.4, -0.2) is 32.1 Å². The zero-order chi connectivity index (χ0) is 16.4. The maximum Gasteiger partial charge on any atom is 0.254 e. The quantitative estimate of drug-likeness (QED) is 0.868. The van der Waals surface area contributed by atoms with Crippen molar-refractivity contribution < 1.29 is 14.3 Å². The average Bonchev–Trinajstić information content (AvgIpc) is 3.03. The van der Waals surface area contributed by atoms with Crippen molar-refractivity contribution >= 4 is 5.91 Å². The van der Waals surface area contributed by atoms with Crippen molar-refractivity contribution in [1.29, 1.82) is 0 Å². The van der Waals surface area contributed by atoms with Gasteiger partial charge in [-0.15, -0.1) is 0 Å². The van der Waals surface area contributed by atoms with Crippen molar-refractivity contribution in [3.63, 3.8) is 0 Å². The molecule has 0 heterocycles. The highest BCUT2D eigenvalue weighted by molar-refractivity contribution is 5.95. The molecular formula is C19H21NO3. The molecule has 4 nitrogen and oxygen atoms in total. The van der Waals surface area contributed by atoms with Crippen LogP contribution in [0.5, 0.6) is 11.5 Å². The van der Waals surface area contributed by atoms with Gasteiger partial charge in [-0.2, -0.15) is 0 Å². The first kappa shape index (κ1) is 15.4. The molecule has 4 heteroatoms. The summed E-state index contributed by atoms with van der Waals surface area (Å²) < 4.78 is 10.5. The molecule has 1 aliphatic rings. The maximum atomic E-state index is 12.8. The van der Waals surface area contributed by atoms with Crippen LogP contribution in [0.1, 0.15) is 33.9 Å². The molecule has 1 atom stereocenters. The van der Waals surface area contributed by atoms with E-state index in [4.69, 9.17) is 9.47 Å². The van der Waals surface area contributed by atoms with Crippen LogP contribution in [0.2, 0.25) is 0 Å². The number of hydrogen-bond donors (Lipinski definition) is 0. The van der Waals surface area contributed by atoms with Crippen LogP contribution in [0.4, 0.5) is 0 Å². The Morgan fingerprint density at radius 2 is 1.83 bits per heavy atom. The molecule has 120 valence electrons. The van der Waals surface area contributed by atoms with Crippen molar-refractivity contribution in [2.45, 2.75) is 18.9 Å². The molecule has 0 bridgehead atoms. The Morgan fingerprint density at radius 3 is 2.57 bits per heavy atom. The summed E-state index contributed by atoms with van der Waals surface area (Å²) in [4.78, 5) is 14.7. The molecular weight excluding hydrogens is 290 g/mol. The number of methoxy groups -OCH3 is 2. The minimum absolute atomic E-state index is 0.00680. The Balaban J connectivity index is 1.86. The highest BCUT2D eigenvalue weighted by Crippen LogP contribution is 2.36. The Kier molecular flexibility index (Phi) is 4.24. The molecule has 0 saturated carbocycles. The molecule has 1 amide bonds. The van der Waals surface area contributed by atoms with Crippen LogP contribution >= 0.6 is 0 Å². The van der Waals surface area contributed by atoms with Crippen LogP contribution < -0.4 is 9.47 Å². The number of fused-ring (bicyclic) bond motifs is 1. The summed E-state index contributed by atoms with van der Waals surface area (Å²) in [6.45, 7) is 0. The number of carbonyl (C=O) groups excluding carboxylic acids is 1. The zero-order valence-electron chi connectivity index (χ0n) is 13.7. The summed E-state index contributed by atoms with van der Waals surface area (Å²) in [6.07, 6.45) is 1.99. The molecule has 0 radical (unpaired) electrons. The van der Waals surface area contributed by atoms with E-state index in [1.165, 1.54) is 11.1 Å². The lowest BCUT2D eigenvalue weighted by Crippen LogP contribution is -2.30. The van der Waals surface area contributed by atoms with E-state index in [2.05, 4.69) is 18.2 Å². The summed E-state index contributed by atoms with van der Waals surface area (Å²) in [5.74, 6) is 1.18. The molecule has 0 aliphatic heterocycles. The SMILES string of the molecule is COc1ccc(C(=O)N(C)C2CCc3ccccc32)cc1OC. The zero-order valence-corrected chi connectivity index (χ0v) is 13.7. The first-order chi connectivity index (χ1) is 11.2. The smallest absolute Gasteiger partial charge is 0.254 e. The van der Waals surface area contributed by atoms with E-state index in [9.17, 15) is 4.79 Å². The maximum absolute atomic E-state index is 12.8. The number of rotatable bonds is 4. The number of carbonyl (C=O) groups is 1. The average molecular weight is 311 g/mol. The van der Waals surface area contributed by atoms with Gasteiger partial charge in [0.15, 0.2) is 11.5 Å². The normalized spacial score (nSPS) is 15.9. The number of nitrogens with zero attached hydrogens (tertiary/aromatic N) is 1. The second kappa shape index (κ2) is 6.32. The van der Waals surface area contributed by atoms with Crippen LogP contribution in [-0.2, 0) is 6.42 Å². The van der Waals surface area contributed by atoms with Crippen molar-refractivity contribution in [3.05, 3.63) is 59.2 Å². The number of aryl methyl sites for hydroxylation is 1. The molecule has 0 spiro atoms. The van der Waals surface area contributed by atoms with E-state index in [1.807, 2.05) is 18.0 Å². The Bertz CT molecular complexity index is 726. The molecule has 0 saturated heterocycles. The van der Waals surface area contributed by atoms with Crippen molar-refractivity contribution in [1.82, 2.24) is 4.90 Å². The van der Waals surface area contributed by atoms with Gasteiger partial charge in [0.25, 0.3) is 5.91 Å². The van der Waals surface area contributed by atoms with E-state index in [-0.39, 0.29) is 11.9 Å². The number of hydrogen-bond acceptors (Lipinski definition) is 3. The van der Waals surface area contributed by atoms with Gasteiger partial charge in [-0.05, 0) is 42.2 Å². The molecule has 0 fully saturated rings. The Labute approximate surface area is 136 Å². The van der Waals surface area contributed by atoms with Crippen LogP contribution in [0.15, 0.2) is 42.5 Å².